The first kappa shape index (κ1) is 17.4. The fraction of sp³-hybridized carbons (Fsp3) is 0.278. The number of aryl methyl sites for hydroxylation is 1. The molecular weight excluding hydrogens is 315 g/mol. The van der Waals surface area contributed by atoms with Crippen molar-refractivity contribution in [2.45, 2.75) is 20.0 Å². The number of nitrogens with zero attached hydrogens (tertiary/aromatic N) is 1. The highest BCUT2D eigenvalue weighted by Gasteiger charge is 2.08. The van der Waals surface area contributed by atoms with Gasteiger partial charge in [0.1, 0.15) is 5.82 Å². The van der Waals surface area contributed by atoms with E-state index in [0.29, 0.717) is 23.7 Å². The van der Waals surface area contributed by atoms with Gasteiger partial charge in [0.15, 0.2) is 0 Å². The summed E-state index contributed by atoms with van der Waals surface area (Å²) in [4.78, 5) is 13.9. The summed E-state index contributed by atoms with van der Waals surface area (Å²) >= 11 is 5.85. The summed E-state index contributed by atoms with van der Waals surface area (Å²) in [5.74, 6) is -0.348. The van der Waals surface area contributed by atoms with Gasteiger partial charge in [0.25, 0.3) is 0 Å². The lowest BCUT2D eigenvalue weighted by molar-refractivity contribution is -0.122. The number of benzene rings is 2. The van der Waals surface area contributed by atoms with Crippen molar-refractivity contribution in [3.05, 3.63) is 70.0 Å². The molecule has 0 spiro atoms. The molecule has 23 heavy (non-hydrogen) atoms. The van der Waals surface area contributed by atoms with Crippen LogP contribution in [0.3, 0.4) is 0 Å². The molecule has 0 saturated heterocycles. The highest BCUT2D eigenvalue weighted by atomic mass is 35.5. The highest BCUT2D eigenvalue weighted by molar-refractivity contribution is 6.30. The molecule has 0 aliphatic rings. The number of likely N-dealkylation sites (N-methyl/N-ethyl adjacent to an activating group) is 1. The van der Waals surface area contributed by atoms with Crippen molar-refractivity contribution in [3.63, 3.8) is 0 Å². The Morgan fingerprint density at radius 3 is 2.48 bits per heavy atom. The summed E-state index contributed by atoms with van der Waals surface area (Å²) in [5, 5.41) is 3.50. The molecule has 2 rings (SSSR count). The molecule has 0 unspecified atom stereocenters. The van der Waals surface area contributed by atoms with Crippen LogP contribution in [0.1, 0.15) is 16.7 Å². The van der Waals surface area contributed by atoms with Crippen LogP contribution in [-0.2, 0) is 17.9 Å². The highest BCUT2D eigenvalue weighted by Crippen LogP contribution is 2.11. The van der Waals surface area contributed by atoms with Crippen molar-refractivity contribution < 1.29 is 9.18 Å². The second kappa shape index (κ2) is 8.09. The van der Waals surface area contributed by atoms with Crippen molar-refractivity contribution >= 4 is 17.5 Å². The quantitative estimate of drug-likeness (QED) is 0.876. The van der Waals surface area contributed by atoms with Crippen molar-refractivity contribution in [1.82, 2.24) is 10.2 Å². The largest absolute Gasteiger partial charge is 0.351 e. The molecule has 0 aliphatic carbocycles. The lowest BCUT2D eigenvalue weighted by Crippen LogP contribution is -2.34. The van der Waals surface area contributed by atoms with Gasteiger partial charge in [0.05, 0.1) is 6.54 Å². The Kier molecular flexibility index (Phi) is 6.13. The third kappa shape index (κ3) is 5.66. The summed E-state index contributed by atoms with van der Waals surface area (Å²) in [5.41, 5.74) is 2.44. The zero-order chi connectivity index (χ0) is 16.8. The van der Waals surface area contributed by atoms with Crippen LogP contribution in [0.15, 0.2) is 42.5 Å². The van der Waals surface area contributed by atoms with Gasteiger partial charge in [-0.15, -0.1) is 0 Å². The molecule has 0 heterocycles. The minimum Gasteiger partial charge on any atom is -0.351 e. The number of amides is 1. The zero-order valence-electron chi connectivity index (χ0n) is 13.3. The van der Waals surface area contributed by atoms with E-state index >= 15 is 0 Å². The summed E-state index contributed by atoms with van der Waals surface area (Å²) in [7, 11) is 1.87. The first-order valence-electron chi connectivity index (χ1n) is 7.39. The van der Waals surface area contributed by atoms with Gasteiger partial charge in [0.2, 0.25) is 5.91 Å². The second-order valence-corrected chi connectivity index (χ2v) is 6.10. The van der Waals surface area contributed by atoms with E-state index in [1.165, 1.54) is 6.07 Å². The Balaban J connectivity index is 1.79. The van der Waals surface area contributed by atoms with Gasteiger partial charge in [-0.25, -0.2) is 4.39 Å². The van der Waals surface area contributed by atoms with Gasteiger partial charge in [-0.2, -0.15) is 0 Å². The fourth-order valence-electron chi connectivity index (χ4n) is 2.21. The Bertz CT molecular complexity index is 673. The summed E-state index contributed by atoms with van der Waals surface area (Å²) in [6.07, 6.45) is 0. The molecule has 0 aliphatic heterocycles. The Labute approximate surface area is 141 Å². The first-order valence-corrected chi connectivity index (χ1v) is 7.76. The SMILES string of the molecule is Cc1ccc(CNC(=O)CN(C)Cc2ccc(Cl)cc2)cc1F. The van der Waals surface area contributed by atoms with Gasteiger partial charge in [-0.1, -0.05) is 35.9 Å². The zero-order valence-corrected chi connectivity index (χ0v) is 14.0. The number of hydrogen-bond donors (Lipinski definition) is 1. The molecule has 5 heteroatoms. The third-order valence-electron chi connectivity index (χ3n) is 3.51. The van der Waals surface area contributed by atoms with Crippen molar-refractivity contribution in [2.75, 3.05) is 13.6 Å². The Hall–Kier alpha value is -1.91. The van der Waals surface area contributed by atoms with Gasteiger partial charge in [-0.3, -0.25) is 9.69 Å². The van der Waals surface area contributed by atoms with Crippen molar-refractivity contribution in [2.24, 2.45) is 0 Å². The molecular formula is C18H20ClFN2O. The minimum absolute atomic E-state index is 0.0950. The average molecular weight is 335 g/mol. The van der Waals surface area contributed by atoms with Crippen LogP contribution < -0.4 is 5.32 Å². The molecule has 0 fully saturated rings. The van der Waals surface area contributed by atoms with Gasteiger partial charge in [0, 0.05) is 18.1 Å². The van der Waals surface area contributed by atoms with E-state index in [0.717, 1.165) is 11.1 Å². The predicted octanol–water partition coefficient (Wildman–Crippen LogP) is 3.54. The molecule has 0 atom stereocenters. The van der Waals surface area contributed by atoms with Crippen LogP contribution in [0, 0.1) is 12.7 Å². The lowest BCUT2D eigenvalue weighted by atomic mass is 10.1. The van der Waals surface area contributed by atoms with Gasteiger partial charge in [-0.05, 0) is 48.9 Å². The third-order valence-corrected chi connectivity index (χ3v) is 3.76. The molecule has 2 aromatic carbocycles. The average Bonchev–Trinajstić information content (AvgIpc) is 2.51. The number of carbonyl (C=O) groups excluding carboxylic acids is 1. The summed E-state index contributed by atoms with van der Waals surface area (Å²) < 4.78 is 13.5. The maximum atomic E-state index is 13.5. The first-order chi connectivity index (χ1) is 10.9. The van der Waals surface area contributed by atoms with Gasteiger partial charge < -0.3 is 5.32 Å². The standard InChI is InChI=1S/C18H20ClFN2O/c1-13-3-4-15(9-17(13)20)10-21-18(23)12-22(2)11-14-5-7-16(19)8-6-14/h3-9H,10-12H2,1-2H3,(H,21,23). The number of rotatable bonds is 6. The molecule has 1 N–H and O–H groups in total. The van der Waals surface area contributed by atoms with E-state index in [1.54, 1.807) is 13.0 Å². The topological polar surface area (TPSA) is 32.3 Å². The number of halogens is 2. The van der Waals surface area contributed by atoms with Crippen LogP contribution in [-0.4, -0.2) is 24.4 Å². The van der Waals surface area contributed by atoms with Crippen LogP contribution in [0.2, 0.25) is 5.02 Å². The summed E-state index contributed by atoms with van der Waals surface area (Å²) in [6, 6.07) is 12.5. The molecule has 0 aromatic heterocycles. The normalized spacial score (nSPS) is 10.8. The maximum absolute atomic E-state index is 13.5. The van der Waals surface area contributed by atoms with Crippen LogP contribution >= 0.6 is 11.6 Å². The monoisotopic (exact) mass is 334 g/mol. The molecule has 122 valence electrons. The lowest BCUT2D eigenvalue weighted by Gasteiger charge is -2.16. The maximum Gasteiger partial charge on any atom is 0.234 e. The molecule has 3 nitrogen and oxygen atoms in total. The van der Waals surface area contributed by atoms with Crippen LogP contribution in [0.5, 0.6) is 0 Å². The fourth-order valence-corrected chi connectivity index (χ4v) is 2.33. The van der Waals surface area contributed by atoms with E-state index in [1.807, 2.05) is 42.3 Å². The number of nitrogens with one attached hydrogen (secondary N) is 1. The van der Waals surface area contributed by atoms with Crippen molar-refractivity contribution in [1.29, 1.82) is 0 Å². The van der Waals surface area contributed by atoms with E-state index < -0.39 is 0 Å². The minimum atomic E-state index is -0.253. The predicted molar refractivity (Wildman–Crippen MR) is 90.8 cm³/mol. The second-order valence-electron chi connectivity index (χ2n) is 5.66. The van der Waals surface area contributed by atoms with E-state index in [2.05, 4.69) is 5.32 Å². The van der Waals surface area contributed by atoms with Gasteiger partial charge >= 0.3 is 0 Å². The van der Waals surface area contributed by atoms with Crippen LogP contribution in [0.25, 0.3) is 0 Å². The number of carbonyl (C=O) groups is 1. The van der Waals surface area contributed by atoms with Crippen LogP contribution in [0.4, 0.5) is 4.39 Å². The Morgan fingerprint density at radius 1 is 1.17 bits per heavy atom. The Morgan fingerprint density at radius 2 is 1.83 bits per heavy atom. The number of hydrogen-bond acceptors (Lipinski definition) is 2. The molecule has 2 aromatic rings. The molecule has 0 bridgehead atoms. The molecule has 1 amide bonds. The molecule has 0 radical (unpaired) electrons. The van der Waals surface area contributed by atoms with E-state index in [9.17, 15) is 9.18 Å². The summed E-state index contributed by atoms with van der Waals surface area (Å²) in [6.45, 7) is 2.97. The van der Waals surface area contributed by atoms with Crippen molar-refractivity contribution in [3.8, 4) is 0 Å². The van der Waals surface area contributed by atoms with E-state index in [-0.39, 0.29) is 18.3 Å². The smallest absolute Gasteiger partial charge is 0.234 e. The molecule has 0 saturated carbocycles. The van der Waals surface area contributed by atoms with E-state index in [4.69, 9.17) is 11.6 Å².